The second-order valence-electron chi connectivity index (χ2n) is 8.25. The maximum atomic E-state index is 12.5. The van der Waals surface area contributed by atoms with Gasteiger partial charge in [-0.3, -0.25) is 4.79 Å². The zero-order valence-corrected chi connectivity index (χ0v) is 18.6. The lowest BCUT2D eigenvalue weighted by Gasteiger charge is -2.25. The number of rotatable bonds is 8. The number of carbonyl (C=O) groups excluding carboxylic acids is 1. The van der Waals surface area contributed by atoms with Crippen molar-refractivity contribution >= 4 is 26.8 Å². The molecule has 1 amide bonds. The minimum atomic E-state index is -3.26. The summed E-state index contributed by atoms with van der Waals surface area (Å²) >= 11 is 0. The predicted molar refractivity (Wildman–Crippen MR) is 121 cm³/mol. The van der Waals surface area contributed by atoms with Crippen LogP contribution in [0.1, 0.15) is 40.9 Å². The Balaban J connectivity index is 1.58. The molecule has 8 heteroatoms. The van der Waals surface area contributed by atoms with Crippen LogP contribution < -0.4 is 10.0 Å². The number of sulfonamides is 1. The summed E-state index contributed by atoms with van der Waals surface area (Å²) in [6, 6.07) is 15.2. The molecule has 0 aliphatic rings. The summed E-state index contributed by atoms with van der Waals surface area (Å²) in [5.41, 5.74) is 3.64. The molecule has 3 N–H and O–H groups in total. The van der Waals surface area contributed by atoms with Crippen molar-refractivity contribution in [2.75, 3.05) is 19.3 Å². The molecule has 0 atom stereocenters. The molecule has 162 valence electrons. The maximum absolute atomic E-state index is 12.5. The van der Waals surface area contributed by atoms with Gasteiger partial charge in [0.2, 0.25) is 10.0 Å². The van der Waals surface area contributed by atoms with Crippen LogP contribution in [-0.2, 0) is 21.9 Å². The van der Waals surface area contributed by atoms with Gasteiger partial charge in [0.15, 0.2) is 0 Å². The summed E-state index contributed by atoms with van der Waals surface area (Å²) in [6.45, 7) is 4.64. The van der Waals surface area contributed by atoms with Crippen molar-refractivity contribution in [2.24, 2.45) is 0 Å². The molecule has 0 saturated heterocycles. The summed E-state index contributed by atoms with van der Waals surface area (Å²) in [6.07, 6.45) is 3.48. The number of carbonyl (C=O) groups is 1. The average Bonchev–Trinajstić information content (AvgIpc) is 3.14. The van der Waals surface area contributed by atoms with E-state index in [-0.39, 0.29) is 12.5 Å². The highest BCUT2D eigenvalue weighted by atomic mass is 32.2. The van der Waals surface area contributed by atoms with Crippen molar-refractivity contribution in [3.63, 3.8) is 0 Å². The SMILES string of the molecule is CC(C)(CNS(C)(=O)=O)c1ccc(C(=O)NCCc2ccc3[nH]cc(C#N)c3c2)cc1. The number of nitrogens with zero attached hydrogens (tertiary/aromatic N) is 1. The molecule has 1 aromatic heterocycles. The molecule has 0 fully saturated rings. The third kappa shape index (κ3) is 5.72. The maximum Gasteiger partial charge on any atom is 0.251 e. The number of nitrogens with one attached hydrogen (secondary N) is 3. The molecule has 3 rings (SSSR count). The number of hydrogen-bond acceptors (Lipinski definition) is 4. The average molecular weight is 439 g/mol. The zero-order chi connectivity index (χ0) is 22.6. The van der Waals surface area contributed by atoms with Gasteiger partial charge in [-0.25, -0.2) is 13.1 Å². The number of H-pyrrole nitrogens is 1. The molecule has 0 radical (unpaired) electrons. The van der Waals surface area contributed by atoms with Crippen LogP contribution in [0.3, 0.4) is 0 Å². The molecule has 0 aliphatic carbocycles. The molecule has 0 saturated carbocycles. The molecule has 3 aromatic rings. The minimum absolute atomic E-state index is 0.168. The van der Waals surface area contributed by atoms with Crippen LogP contribution in [0.2, 0.25) is 0 Å². The Labute approximate surface area is 182 Å². The van der Waals surface area contributed by atoms with Gasteiger partial charge in [0, 0.05) is 41.2 Å². The van der Waals surface area contributed by atoms with E-state index in [9.17, 15) is 13.2 Å². The second kappa shape index (κ2) is 8.92. The van der Waals surface area contributed by atoms with Crippen molar-refractivity contribution in [3.05, 3.63) is 70.9 Å². The number of amides is 1. The lowest BCUT2D eigenvalue weighted by Crippen LogP contribution is -2.36. The Morgan fingerprint density at radius 1 is 1.16 bits per heavy atom. The Bertz CT molecular complexity index is 1240. The second-order valence-corrected chi connectivity index (χ2v) is 10.1. The fraction of sp³-hybridized carbons (Fsp3) is 0.304. The molecule has 1 heterocycles. The van der Waals surface area contributed by atoms with E-state index in [1.807, 2.05) is 44.2 Å². The normalized spacial score (nSPS) is 11.9. The number of hydrogen-bond donors (Lipinski definition) is 3. The van der Waals surface area contributed by atoms with E-state index in [0.29, 0.717) is 24.1 Å². The highest BCUT2D eigenvalue weighted by molar-refractivity contribution is 7.88. The highest BCUT2D eigenvalue weighted by Gasteiger charge is 2.22. The third-order valence-corrected chi connectivity index (χ3v) is 5.94. The van der Waals surface area contributed by atoms with Crippen molar-refractivity contribution < 1.29 is 13.2 Å². The molecule has 2 aromatic carbocycles. The van der Waals surface area contributed by atoms with E-state index in [1.165, 1.54) is 0 Å². The Morgan fingerprint density at radius 2 is 1.87 bits per heavy atom. The fourth-order valence-corrected chi connectivity index (χ4v) is 3.95. The van der Waals surface area contributed by atoms with Gasteiger partial charge in [-0.2, -0.15) is 5.26 Å². The van der Waals surface area contributed by atoms with Crippen LogP contribution >= 0.6 is 0 Å². The molecule has 7 nitrogen and oxygen atoms in total. The number of nitriles is 1. The van der Waals surface area contributed by atoms with Gasteiger partial charge in [0.1, 0.15) is 6.07 Å². The van der Waals surface area contributed by atoms with E-state index >= 15 is 0 Å². The smallest absolute Gasteiger partial charge is 0.251 e. The molecular formula is C23H26N4O3S. The van der Waals surface area contributed by atoms with Gasteiger partial charge in [-0.15, -0.1) is 0 Å². The van der Waals surface area contributed by atoms with E-state index in [1.54, 1.807) is 18.3 Å². The van der Waals surface area contributed by atoms with Crippen LogP contribution in [0.4, 0.5) is 0 Å². The van der Waals surface area contributed by atoms with E-state index in [0.717, 1.165) is 28.3 Å². The van der Waals surface area contributed by atoms with Gasteiger partial charge in [0.05, 0.1) is 11.8 Å². The standard InChI is InChI=1S/C23H26N4O3S/c1-23(2,15-27-31(3,29)30)19-7-5-17(6-8-19)22(28)25-11-10-16-4-9-21-20(12-16)18(13-24)14-26-21/h4-9,12,14,26-27H,10-11,15H2,1-3H3,(H,25,28). The summed E-state index contributed by atoms with van der Waals surface area (Å²) in [4.78, 5) is 15.5. The van der Waals surface area contributed by atoms with Crippen molar-refractivity contribution in [2.45, 2.75) is 25.7 Å². The number of benzene rings is 2. The zero-order valence-electron chi connectivity index (χ0n) is 17.8. The molecule has 0 unspecified atom stereocenters. The summed E-state index contributed by atoms with van der Waals surface area (Å²) < 4.78 is 25.2. The van der Waals surface area contributed by atoms with Gasteiger partial charge < -0.3 is 10.3 Å². The quantitative estimate of drug-likeness (QED) is 0.502. The molecular weight excluding hydrogens is 412 g/mol. The van der Waals surface area contributed by atoms with E-state index in [4.69, 9.17) is 5.26 Å². The van der Waals surface area contributed by atoms with Crippen LogP contribution in [0, 0.1) is 11.3 Å². The lowest BCUT2D eigenvalue weighted by molar-refractivity contribution is 0.0954. The Morgan fingerprint density at radius 3 is 2.52 bits per heavy atom. The molecule has 0 aliphatic heterocycles. The molecule has 31 heavy (non-hydrogen) atoms. The highest BCUT2D eigenvalue weighted by Crippen LogP contribution is 2.23. The fourth-order valence-electron chi connectivity index (χ4n) is 3.32. The van der Waals surface area contributed by atoms with Crippen LogP contribution in [-0.4, -0.2) is 38.7 Å². The number of aromatic nitrogens is 1. The van der Waals surface area contributed by atoms with Crippen molar-refractivity contribution in [1.29, 1.82) is 5.26 Å². The first-order chi connectivity index (χ1) is 14.6. The van der Waals surface area contributed by atoms with Gasteiger partial charge in [-0.1, -0.05) is 32.0 Å². The van der Waals surface area contributed by atoms with Crippen LogP contribution in [0.15, 0.2) is 48.7 Å². The van der Waals surface area contributed by atoms with Crippen molar-refractivity contribution in [3.8, 4) is 6.07 Å². The van der Waals surface area contributed by atoms with Crippen LogP contribution in [0.5, 0.6) is 0 Å². The van der Waals surface area contributed by atoms with Gasteiger partial charge in [0.25, 0.3) is 5.91 Å². The Kier molecular flexibility index (Phi) is 6.48. The lowest BCUT2D eigenvalue weighted by atomic mass is 9.84. The number of fused-ring (bicyclic) bond motifs is 1. The van der Waals surface area contributed by atoms with Gasteiger partial charge in [-0.05, 0) is 41.8 Å². The summed E-state index contributed by atoms with van der Waals surface area (Å²) in [5.74, 6) is -0.168. The summed E-state index contributed by atoms with van der Waals surface area (Å²) in [7, 11) is -3.26. The largest absolute Gasteiger partial charge is 0.360 e. The monoisotopic (exact) mass is 438 g/mol. The number of aromatic amines is 1. The first-order valence-electron chi connectivity index (χ1n) is 9.92. The topological polar surface area (TPSA) is 115 Å². The molecule has 0 bridgehead atoms. The Hall–Kier alpha value is -3.15. The van der Waals surface area contributed by atoms with Crippen molar-refractivity contribution in [1.82, 2.24) is 15.0 Å². The third-order valence-electron chi connectivity index (χ3n) is 5.27. The first-order valence-corrected chi connectivity index (χ1v) is 11.8. The minimum Gasteiger partial charge on any atom is -0.360 e. The first kappa shape index (κ1) is 22.5. The predicted octanol–water partition coefficient (Wildman–Crippen LogP) is 2.84. The summed E-state index contributed by atoms with van der Waals surface area (Å²) in [5, 5.41) is 13.0. The van der Waals surface area contributed by atoms with E-state index < -0.39 is 15.4 Å². The van der Waals surface area contributed by atoms with Gasteiger partial charge >= 0.3 is 0 Å². The molecule has 0 spiro atoms. The van der Waals surface area contributed by atoms with E-state index in [2.05, 4.69) is 21.1 Å². The van der Waals surface area contributed by atoms with Crippen LogP contribution in [0.25, 0.3) is 10.9 Å².